The maximum atomic E-state index is 14.5. The van der Waals surface area contributed by atoms with Gasteiger partial charge in [0, 0.05) is 55.2 Å². The molecule has 0 aromatic heterocycles. The molecular formula is C38H42N2O7. The molecule has 2 aromatic carbocycles. The smallest absolute Gasteiger partial charge is 0.233 e. The lowest BCUT2D eigenvalue weighted by molar-refractivity contribution is -0.145. The number of carbonyl (C=O) groups excluding carboxylic acids is 4. The number of methoxy groups -OCH3 is 2. The van der Waals surface area contributed by atoms with E-state index in [2.05, 4.69) is 17.0 Å². The first-order valence-corrected chi connectivity index (χ1v) is 16.6. The zero-order valence-electron chi connectivity index (χ0n) is 27.4. The van der Waals surface area contributed by atoms with E-state index in [0.717, 1.165) is 38.0 Å². The Kier molecular flexibility index (Phi) is 7.86. The number of aromatic hydroxyl groups is 1. The van der Waals surface area contributed by atoms with Crippen molar-refractivity contribution in [2.24, 2.45) is 29.1 Å². The molecule has 2 aromatic rings. The number of ether oxygens (including phenoxy) is 2. The molecule has 6 atom stereocenters. The average molecular weight is 639 g/mol. The predicted octanol–water partition coefficient (Wildman–Crippen LogP) is 4.83. The van der Waals surface area contributed by atoms with Crippen LogP contribution in [-0.2, 0) is 25.7 Å². The fraction of sp³-hybridized carbons (Fsp3) is 0.474. The van der Waals surface area contributed by atoms with Gasteiger partial charge in [-0.3, -0.25) is 29.0 Å². The molecule has 1 N–H and O–H groups in total. The minimum atomic E-state index is -1.18. The predicted molar refractivity (Wildman–Crippen MR) is 174 cm³/mol. The van der Waals surface area contributed by atoms with Crippen LogP contribution >= 0.6 is 0 Å². The summed E-state index contributed by atoms with van der Waals surface area (Å²) in [5.41, 5.74) is 1.87. The number of hydrogen-bond acceptors (Lipinski definition) is 8. The maximum Gasteiger partial charge on any atom is 0.233 e. The third-order valence-corrected chi connectivity index (χ3v) is 11.7. The standard InChI is InChI=1S/C38H42N2O7/c1-21-16-29(42)28-19-27-25(34(38(28,2)35(21)43)33-30(46-3)17-24(41)18-31(33)47-4)10-11-26-32(27)37(45)40(36(26)44)23-12-14-39(15-13-23)20-22-8-6-5-7-9-22/h5-10,16-18,23,26-28,32,34,41H,11-15,19-20H2,1-4H3/t26-,27+,28-,32-,34+,38+/m0/s1. The number of phenolic OH excluding ortho intramolecular Hbond substituents is 1. The summed E-state index contributed by atoms with van der Waals surface area (Å²) in [6, 6.07) is 13.1. The molecule has 0 spiro atoms. The van der Waals surface area contributed by atoms with Crippen LogP contribution in [0.5, 0.6) is 17.2 Å². The fourth-order valence-electron chi connectivity index (χ4n) is 9.47. The van der Waals surface area contributed by atoms with Gasteiger partial charge >= 0.3 is 0 Å². The molecular weight excluding hydrogens is 596 g/mol. The van der Waals surface area contributed by atoms with Crippen LogP contribution in [0.4, 0.5) is 0 Å². The van der Waals surface area contributed by atoms with E-state index in [1.54, 1.807) is 11.8 Å². The maximum absolute atomic E-state index is 14.5. The second-order valence-electron chi connectivity index (χ2n) is 14.0. The van der Waals surface area contributed by atoms with Crippen LogP contribution in [0.25, 0.3) is 0 Å². The Morgan fingerprint density at radius 2 is 1.60 bits per heavy atom. The van der Waals surface area contributed by atoms with E-state index < -0.39 is 35.0 Å². The van der Waals surface area contributed by atoms with Crippen LogP contribution < -0.4 is 9.47 Å². The summed E-state index contributed by atoms with van der Waals surface area (Å²) in [5.74, 6) is -2.85. The highest BCUT2D eigenvalue weighted by Crippen LogP contribution is 2.64. The van der Waals surface area contributed by atoms with E-state index in [9.17, 15) is 24.3 Å². The summed E-state index contributed by atoms with van der Waals surface area (Å²) in [5, 5.41) is 10.5. The van der Waals surface area contributed by atoms with Crippen LogP contribution in [0.3, 0.4) is 0 Å². The van der Waals surface area contributed by atoms with Gasteiger partial charge in [0.2, 0.25) is 11.8 Å². The number of phenols is 1. The van der Waals surface area contributed by atoms with E-state index in [4.69, 9.17) is 9.47 Å². The van der Waals surface area contributed by atoms with Gasteiger partial charge in [-0.1, -0.05) is 48.9 Å². The molecule has 2 heterocycles. The highest BCUT2D eigenvalue weighted by Gasteiger charge is 2.64. The number of imide groups is 1. The van der Waals surface area contributed by atoms with Gasteiger partial charge in [-0.05, 0) is 55.7 Å². The number of amides is 2. The number of ketones is 2. The molecule has 246 valence electrons. The van der Waals surface area contributed by atoms with Crippen LogP contribution in [-0.4, -0.2) is 71.6 Å². The Labute approximate surface area is 275 Å². The van der Waals surface area contributed by atoms with Crippen molar-refractivity contribution in [3.8, 4) is 17.2 Å². The Balaban J connectivity index is 1.24. The van der Waals surface area contributed by atoms with Crippen LogP contribution in [0.2, 0.25) is 0 Å². The molecule has 5 aliphatic rings. The first kappa shape index (κ1) is 31.4. The summed E-state index contributed by atoms with van der Waals surface area (Å²) < 4.78 is 11.5. The average Bonchev–Trinajstić information content (AvgIpc) is 3.33. The number of likely N-dealkylation sites (tertiary alicyclic amines) is 2. The summed E-state index contributed by atoms with van der Waals surface area (Å²) in [4.78, 5) is 60.4. The SMILES string of the molecule is COc1cc(O)cc(OC)c1[C@H]1C2=CC[C@@H]3C(=O)N(C4CCN(Cc5ccccc5)CC4)C(=O)[C@@H]3[C@@H]2C[C@H]2C(=O)C=C(C)C(=O)[C@@]12C. The number of fused-ring (bicyclic) bond motifs is 4. The van der Waals surface area contributed by atoms with Crippen molar-refractivity contribution in [2.45, 2.75) is 58.0 Å². The van der Waals surface area contributed by atoms with Gasteiger partial charge in [-0.2, -0.15) is 0 Å². The molecule has 7 rings (SSSR count). The highest BCUT2D eigenvalue weighted by atomic mass is 16.5. The number of allylic oxidation sites excluding steroid dienone is 4. The highest BCUT2D eigenvalue weighted by molar-refractivity contribution is 6.13. The van der Waals surface area contributed by atoms with Gasteiger partial charge in [0.1, 0.15) is 17.2 Å². The van der Waals surface area contributed by atoms with Crippen molar-refractivity contribution < 1.29 is 33.8 Å². The molecule has 0 bridgehead atoms. The number of Topliss-reactive ketones (excluding diaryl/α,β-unsaturated/α-hetero) is 1. The summed E-state index contributed by atoms with van der Waals surface area (Å²) in [6.07, 6.45) is 5.59. The van der Waals surface area contributed by atoms with Gasteiger partial charge in [0.15, 0.2) is 11.6 Å². The fourth-order valence-corrected chi connectivity index (χ4v) is 9.47. The molecule has 9 nitrogen and oxygen atoms in total. The molecule has 1 saturated carbocycles. The third kappa shape index (κ3) is 4.84. The first-order valence-electron chi connectivity index (χ1n) is 16.6. The topological polar surface area (TPSA) is 113 Å². The largest absolute Gasteiger partial charge is 0.508 e. The Morgan fingerprint density at radius 3 is 2.23 bits per heavy atom. The Bertz CT molecular complexity index is 1680. The Hall–Kier alpha value is -4.24. The van der Waals surface area contributed by atoms with Crippen molar-refractivity contribution in [3.63, 3.8) is 0 Å². The van der Waals surface area contributed by atoms with Crippen LogP contribution in [0.15, 0.2) is 65.8 Å². The molecule has 0 unspecified atom stereocenters. The quantitative estimate of drug-likeness (QED) is 0.354. The molecule has 2 saturated heterocycles. The number of carbonyl (C=O) groups is 4. The molecule has 0 radical (unpaired) electrons. The number of hydrogen-bond donors (Lipinski definition) is 1. The minimum absolute atomic E-state index is 0.0571. The number of nitrogens with zero attached hydrogens (tertiary/aromatic N) is 2. The Morgan fingerprint density at radius 1 is 0.936 bits per heavy atom. The second-order valence-corrected chi connectivity index (χ2v) is 14.0. The molecule has 2 aliphatic heterocycles. The van der Waals surface area contributed by atoms with Gasteiger partial charge in [0.05, 0.1) is 31.5 Å². The minimum Gasteiger partial charge on any atom is -0.508 e. The normalized spacial score (nSPS) is 31.1. The molecule has 9 heteroatoms. The van der Waals surface area contributed by atoms with Crippen LogP contribution in [0, 0.1) is 29.1 Å². The van der Waals surface area contributed by atoms with E-state index >= 15 is 0 Å². The third-order valence-electron chi connectivity index (χ3n) is 11.7. The van der Waals surface area contributed by atoms with Crippen LogP contribution in [0.1, 0.15) is 56.6 Å². The van der Waals surface area contributed by atoms with Gasteiger partial charge in [-0.25, -0.2) is 0 Å². The van der Waals surface area contributed by atoms with Crippen molar-refractivity contribution in [1.29, 1.82) is 0 Å². The molecule has 2 amide bonds. The zero-order chi connectivity index (χ0) is 33.2. The number of rotatable bonds is 6. The number of benzene rings is 2. The van der Waals surface area contributed by atoms with E-state index in [1.807, 2.05) is 31.2 Å². The van der Waals surface area contributed by atoms with Gasteiger partial charge < -0.3 is 14.6 Å². The monoisotopic (exact) mass is 638 g/mol. The van der Waals surface area contributed by atoms with Crippen molar-refractivity contribution in [3.05, 3.63) is 76.9 Å². The van der Waals surface area contributed by atoms with Crippen molar-refractivity contribution >= 4 is 23.4 Å². The second kappa shape index (κ2) is 11.8. The van der Waals surface area contributed by atoms with E-state index in [-0.39, 0.29) is 35.2 Å². The molecule has 3 fully saturated rings. The first-order chi connectivity index (χ1) is 22.6. The summed E-state index contributed by atoms with van der Waals surface area (Å²) in [7, 11) is 2.98. The van der Waals surface area contributed by atoms with Gasteiger partial charge in [0.25, 0.3) is 0 Å². The van der Waals surface area contributed by atoms with Crippen molar-refractivity contribution in [1.82, 2.24) is 9.80 Å². The summed E-state index contributed by atoms with van der Waals surface area (Å²) in [6.45, 7) is 5.94. The molecule has 3 aliphatic carbocycles. The lowest BCUT2D eigenvalue weighted by atomic mass is 9.47. The summed E-state index contributed by atoms with van der Waals surface area (Å²) >= 11 is 0. The molecule has 47 heavy (non-hydrogen) atoms. The zero-order valence-corrected chi connectivity index (χ0v) is 27.4. The van der Waals surface area contributed by atoms with E-state index in [1.165, 1.54) is 38.0 Å². The number of piperidine rings is 1. The lowest BCUT2D eigenvalue weighted by Gasteiger charge is -2.54. The van der Waals surface area contributed by atoms with Gasteiger partial charge in [-0.15, -0.1) is 0 Å². The van der Waals surface area contributed by atoms with E-state index in [0.29, 0.717) is 35.5 Å². The van der Waals surface area contributed by atoms with Crippen molar-refractivity contribution in [2.75, 3.05) is 27.3 Å². The lowest BCUT2D eigenvalue weighted by Crippen LogP contribution is -2.55.